The molecular weight excluding hydrogens is 218 g/mol. The zero-order valence-corrected chi connectivity index (χ0v) is 9.96. The number of hydrogen-bond acceptors (Lipinski definition) is 4. The smallest absolute Gasteiger partial charge is 0.259 e. The van der Waals surface area contributed by atoms with Gasteiger partial charge in [-0.15, -0.1) is 0 Å². The molecule has 0 saturated carbocycles. The van der Waals surface area contributed by atoms with Gasteiger partial charge in [0.2, 0.25) is 5.88 Å². The molecule has 1 fully saturated rings. The number of rotatable bonds is 0. The van der Waals surface area contributed by atoms with Crippen molar-refractivity contribution in [3.05, 3.63) is 23.9 Å². The molecule has 0 unspecified atom stereocenters. The van der Waals surface area contributed by atoms with Gasteiger partial charge in [0.05, 0.1) is 6.04 Å². The highest BCUT2D eigenvalue weighted by atomic mass is 16.5. The van der Waals surface area contributed by atoms with Crippen molar-refractivity contribution in [1.82, 2.24) is 14.8 Å². The van der Waals surface area contributed by atoms with Crippen LogP contribution in [0.25, 0.3) is 0 Å². The average Bonchev–Trinajstić information content (AvgIpc) is 2.65. The van der Waals surface area contributed by atoms with Crippen molar-refractivity contribution in [2.24, 2.45) is 0 Å². The Hall–Kier alpha value is -1.62. The summed E-state index contributed by atoms with van der Waals surface area (Å²) < 4.78 is 5.88. The molecule has 1 aromatic heterocycles. The van der Waals surface area contributed by atoms with Gasteiger partial charge in [0.1, 0.15) is 11.7 Å². The van der Waals surface area contributed by atoms with Crippen LogP contribution in [0.5, 0.6) is 5.88 Å². The average molecular weight is 233 g/mol. The first kappa shape index (κ1) is 10.5. The lowest BCUT2D eigenvalue weighted by Crippen LogP contribution is -2.44. The summed E-state index contributed by atoms with van der Waals surface area (Å²) in [5.74, 6) is 0.461. The van der Waals surface area contributed by atoms with Crippen LogP contribution >= 0.6 is 0 Å². The third-order valence-corrected chi connectivity index (χ3v) is 3.50. The number of pyridine rings is 1. The van der Waals surface area contributed by atoms with Gasteiger partial charge in [-0.25, -0.2) is 4.98 Å². The van der Waals surface area contributed by atoms with Crippen LogP contribution in [0.2, 0.25) is 0 Å². The van der Waals surface area contributed by atoms with Crippen LogP contribution in [-0.2, 0) is 0 Å². The minimum Gasteiger partial charge on any atom is -0.470 e. The number of aromatic nitrogens is 1. The number of ether oxygens (including phenoxy) is 1. The lowest BCUT2D eigenvalue weighted by molar-refractivity contribution is 0.0680. The van der Waals surface area contributed by atoms with Gasteiger partial charge in [-0.1, -0.05) is 0 Å². The van der Waals surface area contributed by atoms with Gasteiger partial charge < -0.3 is 14.5 Å². The molecule has 2 atom stereocenters. The highest BCUT2D eigenvalue weighted by Crippen LogP contribution is 2.28. The monoisotopic (exact) mass is 233 g/mol. The van der Waals surface area contributed by atoms with E-state index >= 15 is 0 Å². The molecule has 0 N–H and O–H groups in total. The molecule has 3 heterocycles. The quantitative estimate of drug-likeness (QED) is 0.643. The van der Waals surface area contributed by atoms with E-state index in [-0.39, 0.29) is 18.1 Å². The third kappa shape index (κ3) is 1.58. The first-order chi connectivity index (χ1) is 8.16. The van der Waals surface area contributed by atoms with E-state index in [1.165, 1.54) is 0 Å². The van der Waals surface area contributed by atoms with Crippen LogP contribution in [0.3, 0.4) is 0 Å². The molecule has 17 heavy (non-hydrogen) atoms. The van der Waals surface area contributed by atoms with Crippen LogP contribution in [0.4, 0.5) is 0 Å². The first-order valence-corrected chi connectivity index (χ1v) is 5.74. The molecule has 0 spiro atoms. The van der Waals surface area contributed by atoms with Crippen LogP contribution in [0.1, 0.15) is 10.4 Å². The molecule has 3 rings (SSSR count). The summed E-state index contributed by atoms with van der Waals surface area (Å²) in [6.07, 6.45) is 1.68. The number of hydrogen-bond donors (Lipinski definition) is 0. The second-order valence-corrected chi connectivity index (χ2v) is 4.72. The van der Waals surface area contributed by atoms with Crippen LogP contribution in [-0.4, -0.2) is 60.0 Å². The number of nitrogens with zero attached hydrogens (tertiary/aromatic N) is 3. The number of amides is 1. The molecule has 1 saturated heterocycles. The number of carbonyl (C=O) groups is 1. The van der Waals surface area contributed by atoms with E-state index in [9.17, 15) is 4.79 Å². The Morgan fingerprint density at radius 2 is 2.24 bits per heavy atom. The van der Waals surface area contributed by atoms with E-state index in [4.69, 9.17) is 4.74 Å². The maximum Gasteiger partial charge on any atom is 0.259 e. The number of likely N-dealkylation sites (N-methyl/N-ethyl adjacent to an activating group) is 2. The fourth-order valence-corrected chi connectivity index (χ4v) is 2.56. The number of carbonyl (C=O) groups excluding carboxylic acids is 1. The molecule has 2 aliphatic rings. The molecule has 0 aromatic carbocycles. The fraction of sp³-hybridized carbons (Fsp3) is 0.500. The number of likely N-dealkylation sites (tertiary alicyclic amines) is 1. The first-order valence-electron chi connectivity index (χ1n) is 5.74. The Morgan fingerprint density at radius 3 is 3.06 bits per heavy atom. The Bertz CT molecular complexity index is 463. The van der Waals surface area contributed by atoms with Crippen LogP contribution in [0, 0.1) is 0 Å². The van der Waals surface area contributed by atoms with E-state index < -0.39 is 0 Å². The second-order valence-electron chi connectivity index (χ2n) is 4.72. The minimum absolute atomic E-state index is 0.00380. The summed E-state index contributed by atoms with van der Waals surface area (Å²) in [4.78, 5) is 20.4. The van der Waals surface area contributed by atoms with Crippen molar-refractivity contribution in [3.63, 3.8) is 0 Å². The van der Waals surface area contributed by atoms with Gasteiger partial charge >= 0.3 is 0 Å². The summed E-state index contributed by atoms with van der Waals surface area (Å²) in [6.45, 7) is 1.68. The molecule has 1 amide bonds. The Balaban J connectivity index is 2.04. The van der Waals surface area contributed by atoms with Crippen molar-refractivity contribution in [2.75, 3.05) is 27.2 Å². The van der Waals surface area contributed by atoms with Gasteiger partial charge in [0, 0.05) is 26.3 Å². The van der Waals surface area contributed by atoms with E-state index in [0.29, 0.717) is 11.4 Å². The van der Waals surface area contributed by atoms with E-state index in [1.807, 2.05) is 14.1 Å². The highest BCUT2D eigenvalue weighted by molar-refractivity contribution is 5.96. The predicted octanol–water partition coefficient (Wildman–Crippen LogP) is 0.229. The van der Waals surface area contributed by atoms with E-state index in [2.05, 4.69) is 9.88 Å². The topological polar surface area (TPSA) is 45.7 Å². The summed E-state index contributed by atoms with van der Waals surface area (Å²) in [5.41, 5.74) is 0.562. The van der Waals surface area contributed by atoms with Gasteiger partial charge in [0.15, 0.2) is 0 Å². The molecule has 0 bridgehead atoms. The maximum atomic E-state index is 12.3. The van der Waals surface area contributed by atoms with Gasteiger partial charge in [-0.3, -0.25) is 4.79 Å². The predicted molar refractivity (Wildman–Crippen MR) is 62.0 cm³/mol. The maximum absolute atomic E-state index is 12.3. The molecular formula is C12H15N3O2. The molecule has 0 aliphatic carbocycles. The van der Waals surface area contributed by atoms with Gasteiger partial charge in [-0.2, -0.15) is 0 Å². The lowest BCUT2D eigenvalue weighted by atomic mass is 10.2. The van der Waals surface area contributed by atoms with Crippen molar-refractivity contribution in [1.29, 1.82) is 0 Å². The van der Waals surface area contributed by atoms with Gasteiger partial charge in [-0.05, 0) is 19.2 Å². The molecule has 0 radical (unpaired) electrons. The third-order valence-electron chi connectivity index (χ3n) is 3.50. The number of fused-ring (bicyclic) bond motifs is 2. The highest BCUT2D eigenvalue weighted by Gasteiger charge is 2.41. The molecule has 2 aliphatic heterocycles. The summed E-state index contributed by atoms with van der Waals surface area (Å²) in [6, 6.07) is 3.65. The zero-order valence-electron chi connectivity index (χ0n) is 9.96. The lowest BCUT2D eigenvalue weighted by Gasteiger charge is -2.24. The SMILES string of the molecule is CN1C[C@@H]2Oc3ncccc3C(=O)N(C)[C@@H]2C1. The molecule has 1 aromatic rings. The van der Waals surface area contributed by atoms with Crippen molar-refractivity contribution < 1.29 is 9.53 Å². The Labute approximate surface area is 100.0 Å². The fourth-order valence-electron chi connectivity index (χ4n) is 2.56. The molecule has 90 valence electrons. The minimum atomic E-state index is -0.00380. The van der Waals surface area contributed by atoms with Crippen LogP contribution < -0.4 is 4.74 Å². The zero-order chi connectivity index (χ0) is 12.0. The standard InChI is InChI=1S/C12H15N3O2/c1-14-6-9-10(7-14)17-11-8(4-3-5-13-11)12(16)15(9)2/h3-5,9-10H,6-7H2,1-2H3/t9-,10+/m1/s1. The molecule has 5 heteroatoms. The second kappa shape index (κ2) is 3.70. The van der Waals surface area contributed by atoms with Crippen molar-refractivity contribution >= 4 is 5.91 Å². The van der Waals surface area contributed by atoms with E-state index in [1.54, 1.807) is 23.2 Å². The van der Waals surface area contributed by atoms with Crippen molar-refractivity contribution in [3.8, 4) is 5.88 Å². The van der Waals surface area contributed by atoms with Crippen molar-refractivity contribution in [2.45, 2.75) is 12.1 Å². The Morgan fingerprint density at radius 1 is 1.41 bits per heavy atom. The largest absolute Gasteiger partial charge is 0.470 e. The summed E-state index contributed by atoms with van der Waals surface area (Å²) in [7, 11) is 3.88. The summed E-state index contributed by atoms with van der Waals surface area (Å²) >= 11 is 0. The normalized spacial score (nSPS) is 28.4. The van der Waals surface area contributed by atoms with Crippen LogP contribution in [0.15, 0.2) is 18.3 Å². The molecule has 5 nitrogen and oxygen atoms in total. The Kier molecular flexibility index (Phi) is 2.29. The van der Waals surface area contributed by atoms with Gasteiger partial charge in [0.25, 0.3) is 5.91 Å². The summed E-state index contributed by atoms with van der Waals surface area (Å²) in [5, 5.41) is 0. The van der Waals surface area contributed by atoms with E-state index in [0.717, 1.165) is 13.1 Å².